The smallest absolute Gasteiger partial charge is 0.365 e. The molecule has 5 heteroatoms. The van der Waals surface area contributed by atoms with Gasteiger partial charge in [0.05, 0.1) is 17.8 Å². The molecule has 3 rings (SSSR count). The molecule has 1 aromatic heterocycles. The third kappa shape index (κ3) is 2.86. The maximum absolute atomic E-state index is 13.0. The van der Waals surface area contributed by atoms with E-state index in [-0.39, 0.29) is 12.2 Å². The number of fused-ring (bicyclic) bond motifs is 1. The van der Waals surface area contributed by atoms with E-state index in [0.717, 1.165) is 31.1 Å². The van der Waals surface area contributed by atoms with Crippen LogP contribution in [0.3, 0.4) is 0 Å². The van der Waals surface area contributed by atoms with Gasteiger partial charge in [-0.25, -0.2) is 0 Å². The van der Waals surface area contributed by atoms with Crippen LogP contribution in [0.5, 0.6) is 0 Å². The molecule has 0 saturated carbocycles. The van der Waals surface area contributed by atoms with Gasteiger partial charge in [-0.1, -0.05) is 18.2 Å². The number of halogens is 3. The molecule has 0 N–H and O–H groups in total. The number of nitrogens with zero attached hydrogens (tertiary/aromatic N) is 2. The van der Waals surface area contributed by atoms with Gasteiger partial charge in [-0.05, 0) is 36.6 Å². The zero-order chi connectivity index (χ0) is 14.9. The van der Waals surface area contributed by atoms with Gasteiger partial charge >= 0.3 is 6.18 Å². The maximum atomic E-state index is 13.0. The van der Waals surface area contributed by atoms with Crippen molar-refractivity contribution in [1.82, 2.24) is 4.98 Å². The summed E-state index contributed by atoms with van der Waals surface area (Å²) in [5, 5.41) is 0. The van der Waals surface area contributed by atoms with Crippen molar-refractivity contribution < 1.29 is 13.2 Å². The fourth-order valence-corrected chi connectivity index (χ4v) is 2.78. The number of aryl methyl sites for hydroxylation is 1. The molecular formula is C16H15F3N2. The zero-order valence-electron chi connectivity index (χ0n) is 11.4. The monoisotopic (exact) mass is 292 g/mol. The SMILES string of the molecule is FC(F)(F)c1cccnc1CN1CCCc2ccccc21. The van der Waals surface area contributed by atoms with Gasteiger partial charge in [0.1, 0.15) is 0 Å². The average molecular weight is 292 g/mol. The Morgan fingerprint density at radius 1 is 1.10 bits per heavy atom. The van der Waals surface area contributed by atoms with Gasteiger partial charge in [-0.2, -0.15) is 13.2 Å². The van der Waals surface area contributed by atoms with Gasteiger partial charge in [0.15, 0.2) is 0 Å². The molecule has 1 aliphatic heterocycles. The Labute approximate surface area is 121 Å². The summed E-state index contributed by atoms with van der Waals surface area (Å²) in [6, 6.07) is 10.3. The lowest BCUT2D eigenvalue weighted by Gasteiger charge is -2.31. The van der Waals surface area contributed by atoms with Gasteiger partial charge in [0.25, 0.3) is 0 Å². The van der Waals surface area contributed by atoms with Crippen LogP contribution in [0.4, 0.5) is 18.9 Å². The fraction of sp³-hybridized carbons (Fsp3) is 0.312. The second kappa shape index (κ2) is 5.39. The minimum atomic E-state index is -4.36. The molecule has 2 nitrogen and oxygen atoms in total. The van der Waals surface area contributed by atoms with Crippen LogP contribution < -0.4 is 4.90 Å². The van der Waals surface area contributed by atoms with Crippen LogP contribution in [-0.2, 0) is 19.1 Å². The van der Waals surface area contributed by atoms with E-state index in [1.54, 1.807) is 0 Å². The highest BCUT2D eigenvalue weighted by Crippen LogP contribution is 2.33. The molecule has 2 aromatic rings. The number of benzene rings is 1. The summed E-state index contributed by atoms with van der Waals surface area (Å²) < 4.78 is 39.1. The number of aromatic nitrogens is 1. The van der Waals surface area contributed by atoms with Crippen LogP contribution >= 0.6 is 0 Å². The Morgan fingerprint density at radius 3 is 2.71 bits per heavy atom. The maximum Gasteiger partial charge on any atom is 0.418 e. The van der Waals surface area contributed by atoms with E-state index in [4.69, 9.17) is 0 Å². The Balaban J connectivity index is 1.92. The number of rotatable bonds is 2. The summed E-state index contributed by atoms with van der Waals surface area (Å²) in [6.07, 6.45) is -1.02. The van der Waals surface area contributed by atoms with E-state index in [1.807, 2.05) is 29.2 Å². The van der Waals surface area contributed by atoms with E-state index >= 15 is 0 Å². The van der Waals surface area contributed by atoms with Crippen LogP contribution in [0.2, 0.25) is 0 Å². The minimum Gasteiger partial charge on any atom is -0.365 e. The van der Waals surface area contributed by atoms with Crippen molar-refractivity contribution in [2.75, 3.05) is 11.4 Å². The van der Waals surface area contributed by atoms with Gasteiger partial charge in [-0.3, -0.25) is 4.98 Å². The summed E-state index contributed by atoms with van der Waals surface area (Å²) in [4.78, 5) is 5.93. The molecule has 2 heterocycles. The Hall–Kier alpha value is -2.04. The molecule has 0 bridgehead atoms. The predicted molar refractivity (Wildman–Crippen MR) is 75.1 cm³/mol. The van der Waals surface area contributed by atoms with Crippen molar-refractivity contribution in [2.24, 2.45) is 0 Å². The standard InChI is InChI=1S/C16H15F3N2/c17-16(18,19)13-7-3-9-20-14(13)11-21-10-4-6-12-5-1-2-8-15(12)21/h1-3,5,7-9H,4,6,10-11H2. The van der Waals surface area contributed by atoms with Crippen molar-refractivity contribution >= 4 is 5.69 Å². The molecule has 0 unspecified atom stereocenters. The van der Waals surface area contributed by atoms with Gasteiger partial charge in [0, 0.05) is 18.4 Å². The van der Waals surface area contributed by atoms with E-state index < -0.39 is 11.7 Å². The third-order valence-corrected chi connectivity index (χ3v) is 3.74. The highest BCUT2D eigenvalue weighted by molar-refractivity contribution is 5.55. The summed E-state index contributed by atoms with van der Waals surface area (Å²) in [6.45, 7) is 0.942. The first-order valence-corrected chi connectivity index (χ1v) is 6.89. The largest absolute Gasteiger partial charge is 0.418 e. The third-order valence-electron chi connectivity index (χ3n) is 3.74. The second-order valence-electron chi connectivity index (χ2n) is 5.15. The molecule has 0 aliphatic carbocycles. The van der Waals surface area contributed by atoms with Crippen molar-refractivity contribution in [3.8, 4) is 0 Å². The summed E-state index contributed by atoms with van der Waals surface area (Å²) in [5.41, 5.74) is 1.64. The molecule has 0 atom stereocenters. The van der Waals surface area contributed by atoms with Crippen molar-refractivity contribution in [3.05, 3.63) is 59.4 Å². The molecule has 0 saturated heterocycles. The highest BCUT2D eigenvalue weighted by atomic mass is 19.4. The second-order valence-corrected chi connectivity index (χ2v) is 5.15. The van der Waals surface area contributed by atoms with Gasteiger partial charge in [0.2, 0.25) is 0 Å². The van der Waals surface area contributed by atoms with E-state index in [2.05, 4.69) is 4.98 Å². The molecule has 1 aliphatic rings. The molecule has 1 aromatic carbocycles. The Morgan fingerprint density at radius 2 is 1.90 bits per heavy atom. The Bertz CT molecular complexity index is 637. The van der Waals surface area contributed by atoms with E-state index in [1.165, 1.54) is 17.8 Å². The first kappa shape index (κ1) is 13.9. The summed E-state index contributed by atoms with van der Waals surface area (Å²) in [7, 11) is 0. The molecule has 0 fully saturated rings. The molecule has 110 valence electrons. The van der Waals surface area contributed by atoms with Crippen molar-refractivity contribution in [1.29, 1.82) is 0 Å². The highest BCUT2D eigenvalue weighted by Gasteiger charge is 2.34. The number of anilines is 1. The fourth-order valence-electron chi connectivity index (χ4n) is 2.78. The number of para-hydroxylation sites is 1. The molecule has 0 radical (unpaired) electrons. The lowest BCUT2D eigenvalue weighted by molar-refractivity contribution is -0.138. The van der Waals surface area contributed by atoms with Crippen LogP contribution in [0.1, 0.15) is 23.2 Å². The normalized spacial score (nSPS) is 14.9. The first-order chi connectivity index (χ1) is 10.1. The van der Waals surface area contributed by atoms with Crippen LogP contribution in [0.25, 0.3) is 0 Å². The predicted octanol–water partition coefficient (Wildman–Crippen LogP) is 4.05. The zero-order valence-corrected chi connectivity index (χ0v) is 11.4. The van der Waals surface area contributed by atoms with Crippen LogP contribution in [0.15, 0.2) is 42.6 Å². The lowest BCUT2D eigenvalue weighted by atomic mass is 10.0. The van der Waals surface area contributed by atoms with E-state index in [9.17, 15) is 13.2 Å². The van der Waals surface area contributed by atoms with Gasteiger partial charge in [-0.15, -0.1) is 0 Å². The topological polar surface area (TPSA) is 16.1 Å². The van der Waals surface area contributed by atoms with Gasteiger partial charge < -0.3 is 4.90 Å². The van der Waals surface area contributed by atoms with Crippen molar-refractivity contribution in [2.45, 2.75) is 25.6 Å². The number of alkyl halides is 3. The summed E-state index contributed by atoms with van der Waals surface area (Å²) >= 11 is 0. The molecule has 0 amide bonds. The quantitative estimate of drug-likeness (QED) is 0.830. The first-order valence-electron chi connectivity index (χ1n) is 6.89. The molecule has 21 heavy (non-hydrogen) atoms. The summed E-state index contributed by atoms with van der Waals surface area (Å²) in [5.74, 6) is 0. The van der Waals surface area contributed by atoms with Crippen LogP contribution in [0, 0.1) is 0 Å². The number of pyridine rings is 1. The van der Waals surface area contributed by atoms with E-state index in [0.29, 0.717) is 0 Å². The van der Waals surface area contributed by atoms with Crippen LogP contribution in [-0.4, -0.2) is 11.5 Å². The number of hydrogen-bond acceptors (Lipinski definition) is 2. The Kier molecular flexibility index (Phi) is 3.57. The minimum absolute atomic E-state index is 0.0849. The molecular weight excluding hydrogens is 277 g/mol. The molecule has 0 spiro atoms. The van der Waals surface area contributed by atoms with Crippen molar-refractivity contribution in [3.63, 3.8) is 0 Å². The average Bonchev–Trinajstić information content (AvgIpc) is 2.47. The number of hydrogen-bond donors (Lipinski definition) is 0. The lowest BCUT2D eigenvalue weighted by Crippen LogP contribution is -2.30.